The zero-order chi connectivity index (χ0) is 20.0. The maximum atomic E-state index is 11.9. The first-order valence-electron chi connectivity index (χ1n) is 7.87. The van der Waals surface area contributed by atoms with Crippen LogP contribution in [0.15, 0.2) is 35.4 Å². The number of benzene rings is 2. The van der Waals surface area contributed by atoms with Crippen molar-refractivity contribution < 1.29 is 19.4 Å². The molecule has 0 fully saturated rings. The maximum Gasteiger partial charge on any atom is 0.329 e. The molecule has 142 valence electrons. The Kier molecular flexibility index (Phi) is 7.04. The number of hydrogen-bond donors (Lipinski definition) is 3. The van der Waals surface area contributed by atoms with Crippen LogP contribution in [0.5, 0.6) is 11.5 Å². The van der Waals surface area contributed by atoms with Crippen LogP contribution in [0.3, 0.4) is 0 Å². The van der Waals surface area contributed by atoms with E-state index in [1.165, 1.54) is 18.3 Å². The highest BCUT2D eigenvalue weighted by atomic mass is 35.5. The summed E-state index contributed by atoms with van der Waals surface area (Å²) in [7, 11) is 0. The van der Waals surface area contributed by atoms with E-state index >= 15 is 0 Å². The van der Waals surface area contributed by atoms with Gasteiger partial charge in [0.25, 0.3) is 0 Å². The number of hydrogen-bond acceptors (Lipinski definition) is 5. The third-order valence-corrected chi connectivity index (χ3v) is 4.06. The molecule has 3 N–H and O–H groups in total. The molecule has 7 nitrogen and oxygen atoms in total. The molecule has 2 aromatic rings. The molecule has 0 unspecified atom stereocenters. The molecule has 2 aromatic carbocycles. The lowest BCUT2D eigenvalue weighted by molar-refractivity contribution is -0.136. The molecule has 27 heavy (non-hydrogen) atoms. The van der Waals surface area contributed by atoms with Gasteiger partial charge in [0.2, 0.25) is 0 Å². The monoisotopic (exact) mass is 409 g/mol. The van der Waals surface area contributed by atoms with Crippen molar-refractivity contribution in [3.63, 3.8) is 0 Å². The number of carbonyl (C=O) groups excluding carboxylic acids is 2. The lowest BCUT2D eigenvalue weighted by Crippen LogP contribution is -2.32. The van der Waals surface area contributed by atoms with Crippen LogP contribution >= 0.6 is 23.2 Å². The van der Waals surface area contributed by atoms with Gasteiger partial charge in [0.1, 0.15) is 0 Å². The summed E-state index contributed by atoms with van der Waals surface area (Å²) >= 11 is 11.9. The van der Waals surface area contributed by atoms with Crippen molar-refractivity contribution in [3.05, 3.63) is 51.5 Å². The Morgan fingerprint density at radius 3 is 2.59 bits per heavy atom. The van der Waals surface area contributed by atoms with E-state index in [1.54, 1.807) is 25.1 Å². The van der Waals surface area contributed by atoms with Crippen LogP contribution in [0.25, 0.3) is 0 Å². The number of ether oxygens (including phenoxy) is 1. The first kappa shape index (κ1) is 20.5. The quantitative estimate of drug-likeness (QED) is 0.399. The zero-order valence-electron chi connectivity index (χ0n) is 14.5. The molecule has 0 saturated heterocycles. The molecule has 0 aliphatic rings. The molecule has 0 atom stereocenters. The molecule has 0 aliphatic carbocycles. The highest BCUT2D eigenvalue weighted by molar-refractivity contribution is 6.40. The SMILES string of the molecule is CCOc1cc(/C=N\NC(=O)C(=O)Nc2ccc(C)c(Cl)c2)cc(Cl)c1O. The average molecular weight is 410 g/mol. The summed E-state index contributed by atoms with van der Waals surface area (Å²) in [5, 5.41) is 16.4. The van der Waals surface area contributed by atoms with Crippen molar-refractivity contribution in [2.24, 2.45) is 5.10 Å². The van der Waals surface area contributed by atoms with Crippen molar-refractivity contribution >= 4 is 46.9 Å². The minimum absolute atomic E-state index is 0.0720. The van der Waals surface area contributed by atoms with E-state index in [2.05, 4.69) is 15.8 Å². The first-order valence-corrected chi connectivity index (χ1v) is 8.63. The van der Waals surface area contributed by atoms with E-state index < -0.39 is 11.8 Å². The van der Waals surface area contributed by atoms with Gasteiger partial charge in [-0.25, -0.2) is 5.43 Å². The summed E-state index contributed by atoms with van der Waals surface area (Å²) in [5.41, 5.74) is 3.81. The van der Waals surface area contributed by atoms with Crippen LogP contribution in [0.2, 0.25) is 10.0 Å². The first-order chi connectivity index (χ1) is 12.8. The van der Waals surface area contributed by atoms with Gasteiger partial charge < -0.3 is 15.2 Å². The summed E-state index contributed by atoms with van der Waals surface area (Å²) in [6.45, 7) is 3.92. The molecular weight excluding hydrogens is 393 g/mol. The number of nitrogens with one attached hydrogen (secondary N) is 2. The van der Waals surface area contributed by atoms with Crippen molar-refractivity contribution in [2.45, 2.75) is 13.8 Å². The fourth-order valence-corrected chi connectivity index (χ4v) is 2.41. The van der Waals surface area contributed by atoms with E-state index in [-0.39, 0.29) is 16.5 Å². The Balaban J connectivity index is 1.99. The Morgan fingerprint density at radius 1 is 1.19 bits per heavy atom. The molecule has 9 heteroatoms. The van der Waals surface area contributed by atoms with Crippen LogP contribution in [-0.4, -0.2) is 29.7 Å². The van der Waals surface area contributed by atoms with Gasteiger partial charge in [-0.05, 0) is 49.2 Å². The number of carbonyl (C=O) groups is 2. The van der Waals surface area contributed by atoms with Crippen molar-refractivity contribution in [1.82, 2.24) is 5.43 Å². The summed E-state index contributed by atoms with van der Waals surface area (Å²) in [6, 6.07) is 7.82. The number of hydrazone groups is 1. The number of nitrogens with zero attached hydrogens (tertiary/aromatic N) is 1. The fourth-order valence-electron chi connectivity index (χ4n) is 2.01. The van der Waals surface area contributed by atoms with Gasteiger partial charge in [0.15, 0.2) is 11.5 Å². The lowest BCUT2D eigenvalue weighted by atomic mass is 10.2. The Labute approximate surface area is 165 Å². The van der Waals surface area contributed by atoms with Crippen LogP contribution < -0.4 is 15.5 Å². The fraction of sp³-hybridized carbons (Fsp3) is 0.167. The van der Waals surface area contributed by atoms with Crippen LogP contribution in [0.4, 0.5) is 5.69 Å². The van der Waals surface area contributed by atoms with Gasteiger partial charge in [-0.2, -0.15) is 5.10 Å². The number of anilines is 1. The molecule has 0 aromatic heterocycles. The molecule has 2 amide bonds. The van der Waals surface area contributed by atoms with E-state index in [1.807, 2.05) is 6.92 Å². The number of aromatic hydroxyl groups is 1. The lowest BCUT2D eigenvalue weighted by Gasteiger charge is -2.08. The Bertz CT molecular complexity index is 900. The van der Waals surface area contributed by atoms with Gasteiger partial charge in [0, 0.05) is 10.7 Å². The van der Waals surface area contributed by atoms with E-state index in [9.17, 15) is 14.7 Å². The van der Waals surface area contributed by atoms with Gasteiger partial charge >= 0.3 is 11.8 Å². The molecule has 0 aliphatic heterocycles. The smallest absolute Gasteiger partial charge is 0.329 e. The third kappa shape index (κ3) is 5.60. The van der Waals surface area contributed by atoms with E-state index in [0.29, 0.717) is 22.9 Å². The van der Waals surface area contributed by atoms with Crippen molar-refractivity contribution in [2.75, 3.05) is 11.9 Å². The highest BCUT2D eigenvalue weighted by Gasteiger charge is 2.13. The molecular formula is C18H17Cl2N3O4. The minimum atomic E-state index is -0.960. The van der Waals surface area contributed by atoms with Crippen LogP contribution in [0, 0.1) is 6.92 Å². The van der Waals surface area contributed by atoms with E-state index in [0.717, 1.165) is 5.56 Å². The normalized spacial score (nSPS) is 10.7. The van der Waals surface area contributed by atoms with Gasteiger partial charge in [0.05, 0.1) is 17.8 Å². The van der Waals surface area contributed by atoms with Crippen LogP contribution in [0.1, 0.15) is 18.1 Å². The number of aryl methyl sites for hydroxylation is 1. The molecule has 0 radical (unpaired) electrons. The maximum absolute atomic E-state index is 11.9. The largest absolute Gasteiger partial charge is 0.503 e. The number of rotatable bonds is 5. The second kappa shape index (κ2) is 9.25. The summed E-state index contributed by atoms with van der Waals surface area (Å²) < 4.78 is 5.25. The summed E-state index contributed by atoms with van der Waals surface area (Å²) in [4.78, 5) is 23.7. The standard InChI is InChI=1S/C18H17Cl2N3O4/c1-3-27-15-7-11(6-14(20)16(15)24)9-21-23-18(26)17(25)22-12-5-4-10(2)13(19)8-12/h4-9,24H,3H2,1-2H3,(H,22,25)(H,23,26)/b21-9-. The van der Waals surface area contributed by atoms with Crippen molar-refractivity contribution in [1.29, 1.82) is 0 Å². The van der Waals surface area contributed by atoms with E-state index in [4.69, 9.17) is 27.9 Å². The molecule has 0 spiro atoms. The summed E-state index contributed by atoms with van der Waals surface area (Å²) in [5.74, 6) is -1.86. The predicted molar refractivity (Wildman–Crippen MR) is 105 cm³/mol. The van der Waals surface area contributed by atoms with Gasteiger partial charge in [-0.15, -0.1) is 0 Å². The third-order valence-electron chi connectivity index (χ3n) is 3.37. The van der Waals surface area contributed by atoms with Gasteiger partial charge in [-0.3, -0.25) is 9.59 Å². The Hall–Kier alpha value is -2.77. The molecule has 0 heterocycles. The van der Waals surface area contributed by atoms with Crippen molar-refractivity contribution in [3.8, 4) is 11.5 Å². The van der Waals surface area contributed by atoms with Crippen LogP contribution in [-0.2, 0) is 9.59 Å². The number of halogens is 2. The number of phenolic OH excluding ortho intramolecular Hbond substituents is 1. The topological polar surface area (TPSA) is 100 Å². The number of amides is 2. The highest BCUT2D eigenvalue weighted by Crippen LogP contribution is 2.34. The summed E-state index contributed by atoms with van der Waals surface area (Å²) in [6.07, 6.45) is 1.27. The van der Waals surface area contributed by atoms with Gasteiger partial charge in [-0.1, -0.05) is 29.3 Å². The second-order valence-corrected chi connectivity index (χ2v) is 6.21. The molecule has 2 rings (SSSR count). The molecule has 0 bridgehead atoms. The second-order valence-electron chi connectivity index (χ2n) is 5.40. The zero-order valence-corrected chi connectivity index (χ0v) is 16.1. The predicted octanol–water partition coefficient (Wildman–Crippen LogP) is 3.49. The average Bonchev–Trinajstić information content (AvgIpc) is 2.62. The minimum Gasteiger partial charge on any atom is -0.503 e. The Morgan fingerprint density at radius 2 is 1.93 bits per heavy atom. The number of phenols is 1. The molecule has 0 saturated carbocycles.